The molecule has 2 aromatic rings. The quantitative estimate of drug-likeness (QED) is 0.833. The Balaban J connectivity index is 2.16. The highest BCUT2D eigenvalue weighted by atomic mass is 35.5. The molecule has 0 fully saturated rings. The zero-order valence-corrected chi connectivity index (χ0v) is 13.8. The summed E-state index contributed by atoms with van der Waals surface area (Å²) >= 11 is 6.11. The number of carbonyl (C=O) groups is 1. The van der Waals surface area contributed by atoms with E-state index in [2.05, 4.69) is 10.1 Å². The fourth-order valence-electron chi connectivity index (χ4n) is 2.19. The SMILES string of the molecule is COc1cc(C(=O)NC(C)c2ccccc2Cl)ccc1OC(F)F. The second-order valence-corrected chi connectivity index (χ2v) is 5.37. The third kappa shape index (κ3) is 4.35. The second kappa shape index (κ2) is 7.97. The minimum absolute atomic E-state index is 0.0494. The van der Waals surface area contributed by atoms with Gasteiger partial charge in [0.25, 0.3) is 5.91 Å². The Hall–Kier alpha value is -2.34. The van der Waals surface area contributed by atoms with Crippen LogP contribution in [0.3, 0.4) is 0 Å². The Morgan fingerprint density at radius 2 is 1.88 bits per heavy atom. The lowest BCUT2D eigenvalue weighted by Gasteiger charge is -2.16. The van der Waals surface area contributed by atoms with Crippen molar-refractivity contribution in [1.82, 2.24) is 5.32 Å². The van der Waals surface area contributed by atoms with Crippen molar-refractivity contribution in [2.24, 2.45) is 0 Å². The van der Waals surface area contributed by atoms with Gasteiger partial charge in [-0.05, 0) is 36.8 Å². The number of methoxy groups -OCH3 is 1. The van der Waals surface area contributed by atoms with Crippen LogP contribution >= 0.6 is 11.6 Å². The summed E-state index contributed by atoms with van der Waals surface area (Å²) in [5.74, 6) is -0.471. The van der Waals surface area contributed by atoms with Crippen molar-refractivity contribution in [2.45, 2.75) is 19.6 Å². The molecule has 2 aromatic carbocycles. The summed E-state index contributed by atoms with van der Waals surface area (Å²) in [6.07, 6.45) is 0. The number of halogens is 3. The lowest BCUT2D eigenvalue weighted by molar-refractivity contribution is -0.0512. The van der Waals surface area contributed by atoms with E-state index in [1.807, 2.05) is 12.1 Å². The second-order valence-electron chi connectivity index (χ2n) is 4.96. The molecule has 1 N–H and O–H groups in total. The van der Waals surface area contributed by atoms with E-state index in [1.165, 1.54) is 25.3 Å². The van der Waals surface area contributed by atoms with Gasteiger partial charge < -0.3 is 14.8 Å². The monoisotopic (exact) mass is 355 g/mol. The van der Waals surface area contributed by atoms with Crippen LogP contribution in [-0.4, -0.2) is 19.6 Å². The number of hydrogen-bond acceptors (Lipinski definition) is 3. The van der Waals surface area contributed by atoms with Crippen LogP contribution in [0.4, 0.5) is 8.78 Å². The molecule has 0 spiro atoms. The zero-order chi connectivity index (χ0) is 17.7. The first kappa shape index (κ1) is 18.0. The molecule has 0 saturated heterocycles. The van der Waals surface area contributed by atoms with E-state index in [0.717, 1.165) is 5.56 Å². The minimum Gasteiger partial charge on any atom is -0.493 e. The first-order chi connectivity index (χ1) is 11.4. The van der Waals surface area contributed by atoms with E-state index >= 15 is 0 Å². The standard InChI is InChI=1S/C17H16ClF2NO3/c1-10(12-5-3-4-6-13(12)18)21-16(22)11-7-8-14(24-17(19)20)15(9-11)23-2/h3-10,17H,1-2H3,(H,21,22). The summed E-state index contributed by atoms with van der Waals surface area (Å²) in [5.41, 5.74) is 1.03. The van der Waals surface area contributed by atoms with Gasteiger partial charge in [-0.15, -0.1) is 0 Å². The molecule has 1 unspecified atom stereocenters. The van der Waals surface area contributed by atoms with E-state index < -0.39 is 6.61 Å². The maximum Gasteiger partial charge on any atom is 0.387 e. The summed E-state index contributed by atoms with van der Waals surface area (Å²) in [6.45, 7) is -1.18. The smallest absolute Gasteiger partial charge is 0.387 e. The molecule has 0 saturated carbocycles. The maximum absolute atomic E-state index is 12.3. The number of amides is 1. The summed E-state index contributed by atoms with van der Waals surface area (Å²) in [7, 11) is 1.31. The van der Waals surface area contributed by atoms with Crippen LogP contribution in [0.15, 0.2) is 42.5 Å². The number of carbonyl (C=O) groups excluding carboxylic acids is 1. The van der Waals surface area contributed by atoms with Crippen LogP contribution in [-0.2, 0) is 0 Å². The van der Waals surface area contributed by atoms with E-state index in [4.69, 9.17) is 16.3 Å². The van der Waals surface area contributed by atoms with E-state index in [1.54, 1.807) is 19.1 Å². The molecule has 24 heavy (non-hydrogen) atoms. The van der Waals surface area contributed by atoms with Gasteiger partial charge in [-0.25, -0.2) is 0 Å². The van der Waals surface area contributed by atoms with Gasteiger partial charge in [0.1, 0.15) is 0 Å². The van der Waals surface area contributed by atoms with Crippen LogP contribution < -0.4 is 14.8 Å². The first-order valence-electron chi connectivity index (χ1n) is 7.10. The van der Waals surface area contributed by atoms with Crippen molar-refractivity contribution in [1.29, 1.82) is 0 Å². The molecule has 0 aliphatic carbocycles. The minimum atomic E-state index is -2.97. The largest absolute Gasteiger partial charge is 0.493 e. The number of alkyl halides is 2. The van der Waals surface area contributed by atoms with Crippen molar-refractivity contribution in [3.63, 3.8) is 0 Å². The van der Waals surface area contributed by atoms with Gasteiger partial charge in [-0.3, -0.25) is 4.79 Å². The Morgan fingerprint density at radius 3 is 2.50 bits per heavy atom. The molecule has 1 amide bonds. The molecular weight excluding hydrogens is 340 g/mol. The van der Waals surface area contributed by atoms with Gasteiger partial charge in [-0.1, -0.05) is 29.8 Å². The van der Waals surface area contributed by atoms with Gasteiger partial charge in [0, 0.05) is 10.6 Å². The van der Waals surface area contributed by atoms with Gasteiger partial charge in [0.2, 0.25) is 0 Å². The molecule has 0 heterocycles. The molecule has 0 aliphatic heterocycles. The third-order valence-corrected chi connectivity index (χ3v) is 3.71. The van der Waals surface area contributed by atoms with Crippen molar-refractivity contribution in [3.05, 3.63) is 58.6 Å². The average Bonchev–Trinajstić information content (AvgIpc) is 2.54. The van der Waals surface area contributed by atoms with Gasteiger partial charge in [0.05, 0.1) is 13.2 Å². The normalized spacial score (nSPS) is 11.9. The van der Waals surface area contributed by atoms with Crippen LogP contribution in [0, 0.1) is 0 Å². The molecule has 128 valence electrons. The Bertz CT molecular complexity index is 725. The number of ether oxygens (including phenoxy) is 2. The van der Waals surface area contributed by atoms with E-state index in [0.29, 0.717) is 5.02 Å². The van der Waals surface area contributed by atoms with Gasteiger partial charge in [-0.2, -0.15) is 8.78 Å². The zero-order valence-electron chi connectivity index (χ0n) is 13.1. The Morgan fingerprint density at radius 1 is 1.17 bits per heavy atom. The molecule has 1 atom stereocenters. The summed E-state index contributed by atoms with van der Waals surface area (Å²) in [5, 5.41) is 3.34. The average molecular weight is 356 g/mol. The van der Waals surface area contributed by atoms with Crippen molar-refractivity contribution in [2.75, 3.05) is 7.11 Å². The fraction of sp³-hybridized carbons (Fsp3) is 0.235. The van der Waals surface area contributed by atoms with Gasteiger partial charge >= 0.3 is 6.61 Å². The lowest BCUT2D eigenvalue weighted by atomic mass is 10.1. The number of rotatable bonds is 6. The predicted octanol–water partition coefficient (Wildman–Crippen LogP) is 4.44. The molecule has 2 rings (SSSR count). The highest BCUT2D eigenvalue weighted by molar-refractivity contribution is 6.31. The molecular formula is C17H16ClF2NO3. The number of benzene rings is 2. The van der Waals surface area contributed by atoms with E-state index in [9.17, 15) is 13.6 Å². The first-order valence-corrected chi connectivity index (χ1v) is 7.48. The third-order valence-electron chi connectivity index (χ3n) is 3.36. The van der Waals surface area contributed by atoms with Crippen LogP contribution in [0.2, 0.25) is 5.02 Å². The highest BCUT2D eigenvalue weighted by Gasteiger charge is 2.17. The predicted molar refractivity (Wildman–Crippen MR) is 87.0 cm³/mol. The molecule has 0 radical (unpaired) electrons. The Kier molecular flexibility index (Phi) is 5.98. The van der Waals surface area contributed by atoms with Crippen LogP contribution in [0.1, 0.15) is 28.9 Å². The van der Waals surface area contributed by atoms with E-state index in [-0.39, 0.29) is 29.0 Å². The molecule has 7 heteroatoms. The van der Waals surface area contributed by atoms with Crippen LogP contribution in [0.25, 0.3) is 0 Å². The van der Waals surface area contributed by atoms with Crippen LogP contribution in [0.5, 0.6) is 11.5 Å². The van der Waals surface area contributed by atoms with Crippen molar-refractivity contribution in [3.8, 4) is 11.5 Å². The van der Waals surface area contributed by atoms with Gasteiger partial charge in [0.15, 0.2) is 11.5 Å². The molecule has 0 aromatic heterocycles. The topological polar surface area (TPSA) is 47.6 Å². The van der Waals surface area contributed by atoms with Crippen molar-refractivity contribution >= 4 is 17.5 Å². The molecule has 4 nitrogen and oxygen atoms in total. The fourth-order valence-corrected chi connectivity index (χ4v) is 2.49. The molecule has 0 bridgehead atoms. The summed E-state index contributed by atoms with van der Waals surface area (Å²) < 4.78 is 34.0. The highest BCUT2D eigenvalue weighted by Crippen LogP contribution is 2.30. The lowest BCUT2D eigenvalue weighted by Crippen LogP contribution is -2.26. The van der Waals surface area contributed by atoms with Crippen molar-refractivity contribution < 1.29 is 23.0 Å². The number of hydrogen-bond donors (Lipinski definition) is 1. The Labute approximate surface area is 143 Å². The maximum atomic E-state index is 12.3. The summed E-state index contributed by atoms with van der Waals surface area (Å²) in [6, 6.07) is 10.8. The molecule has 0 aliphatic rings. The number of nitrogens with one attached hydrogen (secondary N) is 1. The summed E-state index contributed by atoms with van der Waals surface area (Å²) in [4.78, 5) is 12.3.